The Morgan fingerprint density at radius 3 is 2.39 bits per heavy atom. The Labute approximate surface area is 238 Å². The summed E-state index contributed by atoms with van der Waals surface area (Å²) < 4.78 is 44.6. The molecule has 1 unspecified atom stereocenters. The molecule has 0 saturated heterocycles. The molecule has 2 aromatic heterocycles. The van der Waals surface area contributed by atoms with Crippen molar-refractivity contribution in [1.29, 1.82) is 0 Å². The highest BCUT2D eigenvalue weighted by molar-refractivity contribution is 6.30. The number of rotatable bonds is 8. The molecule has 0 aliphatic heterocycles. The maximum atomic E-state index is 13.3. The molecule has 14 heteroatoms. The lowest BCUT2D eigenvalue weighted by molar-refractivity contribution is -0.192. The summed E-state index contributed by atoms with van der Waals surface area (Å²) >= 11 is 5.99. The van der Waals surface area contributed by atoms with Gasteiger partial charge in [-0.3, -0.25) is 9.20 Å². The molecular formula is C27H30ClF3N4O6. The summed E-state index contributed by atoms with van der Waals surface area (Å²) in [6, 6.07) is 10.0. The van der Waals surface area contributed by atoms with Crippen LogP contribution in [0.25, 0.3) is 5.65 Å². The maximum Gasteiger partial charge on any atom is 0.490 e. The Kier molecular flexibility index (Phi) is 10.8. The van der Waals surface area contributed by atoms with Gasteiger partial charge in [-0.15, -0.1) is 0 Å². The van der Waals surface area contributed by atoms with Crippen molar-refractivity contribution in [2.45, 2.75) is 51.2 Å². The summed E-state index contributed by atoms with van der Waals surface area (Å²) in [5, 5.41) is 10.6. The second-order valence-electron chi connectivity index (χ2n) is 9.44. The molecule has 10 nitrogen and oxygen atoms in total. The van der Waals surface area contributed by atoms with Crippen LogP contribution < -0.4 is 15.8 Å². The summed E-state index contributed by atoms with van der Waals surface area (Å²) in [4.78, 5) is 38.0. The molecule has 0 radical (unpaired) electrons. The fourth-order valence-electron chi connectivity index (χ4n) is 4.41. The van der Waals surface area contributed by atoms with Crippen LogP contribution in [0.2, 0.25) is 5.02 Å². The second-order valence-corrected chi connectivity index (χ2v) is 9.87. The van der Waals surface area contributed by atoms with Crippen molar-refractivity contribution in [2.24, 2.45) is 11.7 Å². The number of halogens is 4. The molecule has 4 N–H and O–H groups in total. The number of nitrogens with zero attached hydrogens (tertiary/aromatic N) is 2. The van der Waals surface area contributed by atoms with E-state index in [1.165, 1.54) is 32.1 Å². The Hall–Kier alpha value is -4.00. The van der Waals surface area contributed by atoms with E-state index in [2.05, 4.69) is 10.3 Å². The highest BCUT2D eigenvalue weighted by Gasteiger charge is 2.38. The normalized spacial score (nSPS) is 14.5. The molecule has 1 atom stereocenters. The minimum atomic E-state index is -5.08. The van der Waals surface area contributed by atoms with E-state index in [-0.39, 0.29) is 12.5 Å². The molecule has 2 heterocycles. The minimum absolute atomic E-state index is 0.117. The number of primary amides is 1. The number of benzene rings is 1. The third-order valence-corrected chi connectivity index (χ3v) is 6.67. The van der Waals surface area contributed by atoms with Crippen molar-refractivity contribution >= 4 is 35.2 Å². The highest BCUT2D eigenvalue weighted by Crippen LogP contribution is 2.27. The summed E-state index contributed by atoms with van der Waals surface area (Å²) in [5.41, 5.74) is 7.41. The second kappa shape index (κ2) is 14.1. The molecule has 0 bridgehead atoms. The summed E-state index contributed by atoms with van der Waals surface area (Å²) in [6.07, 6.45) is 1.95. The Bertz CT molecular complexity index is 1360. The first-order chi connectivity index (χ1) is 19.4. The van der Waals surface area contributed by atoms with Crippen LogP contribution >= 0.6 is 11.6 Å². The number of nitrogens with one attached hydrogen (secondary N) is 1. The lowest BCUT2D eigenvalue weighted by Crippen LogP contribution is -2.34. The molecule has 1 aromatic carbocycles. The highest BCUT2D eigenvalue weighted by atomic mass is 35.5. The average molecular weight is 599 g/mol. The number of nitrogens with two attached hydrogens (primary N) is 1. The van der Waals surface area contributed by atoms with Crippen LogP contribution in [0.3, 0.4) is 0 Å². The molecule has 222 valence electrons. The van der Waals surface area contributed by atoms with E-state index < -0.39 is 24.3 Å². The molecule has 1 aliphatic rings. The SMILES string of the molecule is Cc1nc2c(OCC3CCCCC3)cccn2c1C(=O)NC(COC(N)=O)c1ccc(Cl)cc1.O=C(O)C(F)(F)F. The first-order valence-electron chi connectivity index (χ1n) is 12.8. The first kappa shape index (κ1) is 31.5. The molecule has 3 aromatic rings. The molecule has 1 aliphatic carbocycles. The predicted octanol–water partition coefficient (Wildman–Crippen LogP) is 5.45. The van der Waals surface area contributed by atoms with Gasteiger partial charge in [0.25, 0.3) is 5.91 Å². The number of fused-ring (bicyclic) bond motifs is 1. The van der Waals surface area contributed by atoms with Crippen molar-refractivity contribution in [3.05, 3.63) is 64.6 Å². The number of carbonyl (C=O) groups is 3. The van der Waals surface area contributed by atoms with Gasteiger partial charge in [-0.25, -0.2) is 14.6 Å². The predicted molar refractivity (Wildman–Crippen MR) is 143 cm³/mol. The van der Waals surface area contributed by atoms with E-state index in [0.717, 1.165) is 5.56 Å². The number of carbonyl (C=O) groups excluding carboxylic acids is 2. The van der Waals surface area contributed by atoms with E-state index >= 15 is 0 Å². The standard InChI is InChI=1S/C25H29ClN4O4.C2HF3O2/c1-16-22(24(31)29-20(15-34-25(27)32)18-9-11-19(26)12-10-18)30-13-5-8-21(23(30)28-16)33-14-17-6-3-2-4-7-17;3-2(4,5)1(6)7/h5,8-13,17,20H,2-4,6-7,14-15H2,1H3,(H2,27,32)(H,29,31);(H,6,7). The van der Waals surface area contributed by atoms with E-state index in [1.807, 2.05) is 12.1 Å². The Balaban J connectivity index is 0.000000587. The molecule has 4 rings (SSSR count). The zero-order valence-electron chi connectivity index (χ0n) is 22.1. The zero-order chi connectivity index (χ0) is 30.2. The summed E-state index contributed by atoms with van der Waals surface area (Å²) in [6.45, 7) is 2.31. The number of ether oxygens (including phenoxy) is 2. The minimum Gasteiger partial charge on any atom is -0.489 e. The smallest absolute Gasteiger partial charge is 0.489 e. The lowest BCUT2D eigenvalue weighted by atomic mass is 9.90. The van der Waals surface area contributed by atoms with Crippen LogP contribution in [-0.4, -0.2) is 51.9 Å². The number of pyridine rings is 1. The number of carboxylic acid groups (broad SMARTS) is 1. The van der Waals surface area contributed by atoms with Gasteiger partial charge in [0.15, 0.2) is 11.4 Å². The van der Waals surface area contributed by atoms with Crippen molar-refractivity contribution in [3.8, 4) is 5.75 Å². The van der Waals surface area contributed by atoms with E-state index in [9.17, 15) is 22.8 Å². The number of carboxylic acids is 1. The number of aromatic nitrogens is 2. The molecule has 2 amide bonds. The van der Waals surface area contributed by atoms with Crippen LogP contribution in [0.15, 0.2) is 42.6 Å². The number of aliphatic carboxylic acids is 1. The Morgan fingerprint density at radius 1 is 1.17 bits per heavy atom. The van der Waals surface area contributed by atoms with Gasteiger partial charge in [0.2, 0.25) is 0 Å². The van der Waals surface area contributed by atoms with Crippen LogP contribution in [-0.2, 0) is 9.53 Å². The zero-order valence-corrected chi connectivity index (χ0v) is 22.9. The van der Waals surface area contributed by atoms with Crippen LogP contribution in [0.4, 0.5) is 18.0 Å². The maximum absolute atomic E-state index is 13.3. The van der Waals surface area contributed by atoms with Crippen LogP contribution in [0, 0.1) is 12.8 Å². The number of imidazole rings is 1. The van der Waals surface area contributed by atoms with Crippen LogP contribution in [0.5, 0.6) is 5.75 Å². The fourth-order valence-corrected chi connectivity index (χ4v) is 4.54. The average Bonchev–Trinajstić information content (AvgIpc) is 3.27. The summed E-state index contributed by atoms with van der Waals surface area (Å²) in [7, 11) is 0. The van der Waals surface area contributed by atoms with E-state index in [4.69, 9.17) is 36.7 Å². The lowest BCUT2D eigenvalue weighted by Gasteiger charge is -2.21. The van der Waals surface area contributed by atoms with Crippen molar-refractivity contribution < 1.29 is 42.1 Å². The van der Waals surface area contributed by atoms with Gasteiger partial charge in [0.1, 0.15) is 12.3 Å². The van der Waals surface area contributed by atoms with Gasteiger partial charge in [-0.2, -0.15) is 13.2 Å². The van der Waals surface area contributed by atoms with Crippen molar-refractivity contribution in [3.63, 3.8) is 0 Å². The quantitative estimate of drug-likeness (QED) is 0.312. The molecule has 1 saturated carbocycles. The first-order valence-corrected chi connectivity index (χ1v) is 13.1. The third-order valence-electron chi connectivity index (χ3n) is 6.42. The monoisotopic (exact) mass is 598 g/mol. The topological polar surface area (TPSA) is 145 Å². The van der Waals surface area contributed by atoms with Gasteiger partial charge >= 0.3 is 18.2 Å². The number of aryl methyl sites for hydroxylation is 1. The fraction of sp³-hybridized carbons (Fsp3) is 0.407. The largest absolute Gasteiger partial charge is 0.490 e. The van der Waals surface area contributed by atoms with Crippen molar-refractivity contribution in [2.75, 3.05) is 13.2 Å². The molecule has 41 heavy (non-hydrogen) atoms. The van der Waals surface area contributed by atoms with Gasteiger partial charge in [0, 0.05) is 11.2 Å². The van der Waals surface area contributed by atoms with E-state index in [0.29, 0.717) is 40.3 Å². The van der Waals surface area contributed by atoms with E-state index in [1.54, 1.807) is 41.8 Å². The molecule has 1 fully saturated rings. The molecular weight excluding hydrogens is 569 g/mol. The van der Waals surface area contributed by atoms with Crippen LogP contribution in [0.1, 0.15) is 59.9 Å². The van der Waals surface area contributed by atoms with Gasteiger partial charge in [-0.1, -0.05) is 43.0 Å². The van der Waals surface area contributed by atoms with Gasteiger partial charge in [-0.05, 0) is 55.5 Å². The van der Waals surface area contributed by atoms with Crippen molar-refractivity contribution in [1.82, 2.24) is 14.7 Å². The number of alkyl halides is 3. The number of hydrogen-bond donors (Lipinski definition) is 3. The third kappa shape index (κ3) is 9.00. The van der Waals surface area contributed by atoms with Gasteiger partial charge < -0.3 is 25.6 Å². The van der Waals surface area contributed by atoms with Gasteiger partial charge in [0.05, 0.1) is 18.3 Å². The Morgan fingerprint density at radius 2 is 1.80 bits per heavy atom. The number of hydrogen-bond acceptors (Lipinski definition) is 6. The molecule has 0 spiro atoms. The number of amides is 2. The summed E-state index contributed by atoms with van der Waals surface area (Å²) in [5.74, 6) is -1.91.